The van der Waals surface area contributed by atoms with E-state index in [0.717, 1.165) is 56.1 Å². The molecule has 2 aliphatic heterocycles. The monoisotopic (exact) mass is 495 g/mol. The summed E-state index contributed by atoms with van der Waals surface area (Å²) in [6.45, 7) is 6.52. The van der Waals surface area contributed by atoms with Crippen molar-refractivity contribution >= 4 is 16.8 Å². The highest BCUT2D eigenvalue weighted by atomic mass is 16.7. The summed E-state index contributed by atoms with van der Waals surface area (Å²) in [5.74, 6) is 1.72. The molecule has 1 fully saturated rings. The number of aryl methyl sites for hydroxylation is 1. The van der Waals surface area contributed by atoms with Gasteiger partial charge in [0.2, 0.25) is 12.7 Å². The van der Waals surface area contributed by atoms with Crippen molar-refractivity contribution in [2.75, 3.05) is 19.9 Å². The van der Waals surface area contributed by atoms with Gasteiger partial charge in [-0.3, -0.25) is 9.69 Å². The minimum absolute atomic E-state index is 0.0587. The van der Waals surface area contributed by atoms with Gasteiger partial charge in [-0.2, -0.15) is 0 Å². The number of carbonyl (C=O) groups is 1. The number of piperidine rings is 1. The molecule has 0 aliphatic carbocycles. The molecule has 0 saturated carbocycles. The summed E-state index contributed by atoms with van der Waals surface area (Å²) in [6.07, 6.45) is 1.76. The molecular weight excluding hydrogens is 462 g/mol. The van der Waals surface area contributed by atoms with Crippen LogP contribution in [0.25, 0.3) is 10.9 Å². The smallest absolute Gasteiger partial charge is 0.231 e. The summed E-state index contributed by atoms with van der Waals surface area (Å²) in [7, 11) is 0. The normalized spacial score (nSPS) is 15.8. The number of likely N-dealkylation sites (tertiary alicyclic amines) is 1. The van der Waals surface area contributed by atoms with E-state index in [1.807, 2.05) is 18.2 Å². The number of amides is 1. The average Bonchev–Trinajstić information content (AvgIpc) is 3.52. The van der Waals surface area contributed by atoms with E-state index in [0.29, 0.717) is 6.54 Å². The molecule has 4 aromatic rings. The van der Waals surface area contributed by atoms with Crippen LogP contribution in [-0.2, 0) is 24.4 Å². The van der Waals surface area contributed by atoms with Crippen LogP contribution in [0.15, 0.2) is 72.8 Å². The fraction of sp³-hybridized carbons (Fsp3) is 0.323. The molecule has 190 valence electrons. The Morgan fingerprint density at radius 1 is 0.892 bits per heavy atom. The molecule has 6 nitrogen and oxygen atoms in total. The third-order valence-electron chi connectivity index (χ3n) is 7.57. The maximum absolute atomic E-state index is 12.9. The number of fused-ring (bicyclic) bond motifs is 2. The molecule has 0 atom stereocenters. The second kappa shape index (κ2) is 10.3. The van der Waals surface area contributed by atoms with Gasteiger partial charge in [0, 0.05) is 36.8 Å². The molecule has 3 heterocycles. The third kappa shape index (κ3) is 5.20. The van der Waals surface area contributed by atoms with Crippen molar-refractivity contribution in [2.24, 2.45) is 5.92 Å². The first-order valence-corrected chi connectivity index (χ1v) is 13.1. The van der Waals surface area contributed by atoms with E-state index in [2.05, 4.69) is 76.3 Å². The molecule has 1 amide bonds. The molecule has 37 heavy (non-hydrogen) atoms. The van der Waals surface area contributed by atoms with Gasteiger partial charge in [-0.15, -0.1) is 0 Å². The minimum Gasteiger partial charge on any atom is -0.454 e. The molecule has 2 aliphatic rings. The number of rotatable bonds is 7. The lowest BCUT2D eigenvalue weighted by atomic mass is 9.95. The van der Waals surface area contributed by atoms with E-state index >= 15 is 0 Å². The molecule has 0 unspecified atom stereocenters. The fourth-order valence-corrected chi connectivity index (χ4v) is 5.55. The van der Waals surface area contributed by atoms with Crippen LogP contribution in [0.4, 0.5) is 0 Å². The summed E-state index contributed by atoms with van der Waals surface area (Å²) in [5, 5.41) is 4.41. The highest BCUT2D eigenvalue weighted by Crippen LogP contribution is 2.32. The Morgan fingerprint density at radius 2 is 1.73 bits per heavy atom. The summed E-state index contributed by atoms with van der Waals surface area (Å²) in [4.78, 5) is 15.4. The summed E-state index contributed by atoms with van der Waals surface area (Å²) < 4.78 is 13.3. The van der Waals surface area contributed by atoms with E-state index in [-0.39, 0.29) is 18.6 Å². The molecule has 6 rings (SSSR count). The van der Waals surface area contributed by atoms with E-state index in [1.165, 1.54) is 27.7 Å². The molecule has 0 radical (unpaired) electrons. The first-order valence-electron chi connectivity index (χ1n) is 13.1. The van der Waals surface area contributed by atoms with E-state index < -0.39 is 0 Å². The Balaban J connectivity index is 1.07. The minimum atomic E-state index is 0.0587. The molecule has 1 N–H and O–H groups in total. The number of para-hydroxylation sites is 1. The average molecular weight is 496 g/mol. The maximum Gasteiger partial charge on any atom is 0.231 e. The predicted octanol–water partition coefficient (Wildman–Crippen LogP) is 5.26. The molecular formula is C31H33N3O3. The van der Waals surface area contributed by atoms with Crippen molar-refractivity contribution in [1.29, 1.82) is 0 Å². The van der Waals surface area contributed by atoms with Gasteiger partial charge in [0.15, 0.2) is 11.5 Å². The van der Waals surface area contributed by atoms with Crippen LogP contribution in [0.2, 0.25) is 0 Å². The number of benzene rings is 3. The molecule has 0 bridgehead atoms. The lowest BCUT2D eigenvalue weighted by Crippen LogP contribution is -2.40. The number of hydrogen-bond acceptors (Lipinski definition) is 4. The van der Waals surface area contributed by atoms with E-state index in [1.54, 1.807) is 0 Å². The third-order valence-corrected chi connectivity index (χ3v) is 7.57. The largest absolute Gasteiger partial charge is 0.454 e. The Morgan fingerprint density at radius 3 is 2.59 bits per heavy atom. The summed E-state index contributed by atoms with van der Waals surface area (Å²) in [5.41, 5.74) is 6.23. The van der Waals surface area contributed by atoms with Crippen molar-refractivity contribution < 1.29 is 14.3 Å². The van der Waals surface area contributed by atoms with Crippen LogP contribution in [0.3, 0.4) is 0 Å². The van der Waals surface area contributed by atoms with Crippen molar-refractivity contribution in [3.63, 3.8) is 0 Å². The first kappa shape index (κ1) is 23.6. The zero-order valence-corrected chi connectivity index (χ0v) is 21.3. The maximum atomic E-state index is 12.9. The van der Waals surface area contributed by atoms with Gasteiger partial charge in [0.05, 0.1) is 0 Å². The predicted molar refractivity (Wildman–Crippen MR) is 145 cm³/mol. The zero-order valence-electron chi connectivity index (χ0n) is 21.3. The number of hydrogen-bond donors (Lipinski definition) is 1. The highest BCUT2D eigenvalue weighted by molar-refractivity contribution is 5.81. The highest BCUT2D eigenvalue weighted by Gasteiger charge is 2.26. The van der Waals surface area contributed by atoms with Crippen molar-refractivity contribution in [1.82, 2.24) is 14.8 Å². The Kier molecular flexibility index (Phi) is 6.58. The van der Waals surface area contributed by atoms with Crippen molar-refractivity contribution in [3.05, 3.63) is 95.2 Å². The van der Waals surface area contributed by atoms with Crippen molar-refractivity contribution in [2.45, 2.75) is 39.4 Å². The van der Waals surface area contributed by atoms with Gasteiger partial charge in [-0.1, -0.05) is 54.1 Å². The number of nitrogens with zero attached hydrogens (tertiary/aromatic N) is 2. The summed E-state index contributed by atoms with van der Waals surface area (Å²) >= 11 is 0. The quantitative estimate of drug-likeness (QED) is 0.380. The summed E-state index contributed by atoms with van der Waals surface area (Å²) in [6, 6.07) is 25.6. The SMILES string of the molecule is Cc1cccc(Cn2c(CN3CCC(C(=O)NCc4ccc5c(c4)OCO5)CC3)cc3ccccc32)c1. The van der Waals surface area contributed by atoms with Gasteiger partial charge >= 0.3 is 0 Å². The Labute approximate surface area is 217 Å². The van der Waals surface area contributed by atoms with E-state index in [4.69, 9.17) is 9.47 Å². The van der Waals surface area contributed by atoms with Gasteiger partial charge in [-0.25, -0.2) is 0 Å². The molecule has 1 aromatic heterocycles. The van der Waals surface area contributed by atoms with Crippen LogP contribution in [0.1, 0.15) is 35.2 Å². The lowest BCUT2D eigenvalue weighted by molar-refractivity contribution is -0.126. The second-order valence-corrected chi connectivity index (χ2v) is 10.2. The van der Waals surface area contributed by atoms with Crippen LogP contribution in [-0.4, -0.2) is 35.3 Å². The van der Waals surface area contributed by atoms with Crippen LogP contribution < -0.4 is 14.8 Å². The van der Waals surface area contributed by atoms with Crippen LogP contribution in [0.5, 0.6) is 11.5 Å². The first-order chi connectivity index (χ1) is 18.1. The number of aromatic nitrogens is 1. The molecule has 3 aromatic carbocycles. The molecule has 1 saturated heterocycles. The number of nitrogens with one attached hydrogen (secondary N) is 1. The molecule has 0 spiro atoms. The standard InChI is InChI=1S/C31H33N3O3/c1-22-5-4-6-24(15-22)19-34-27(17-26-7-2-3-8-28(26)34)20-33-13-11-25(12-14-33)31(35)32-18-23-9-10-29-30(16-23)37-21-36-29/h2-10,15-17,25H,11-14,18-21H2,1H3,(H,32,35). The van der Waals surface area contributed by atoms with Crippen molar-refractivity contribution in [3.8, 4) is 11.5 Å². The van der Waals surface area contributed by atoms with Gasteiger partial charge in [-0.05, 0) is 73.6 Å². The van der Waals surface area contributed by atoms with Crippen LogP contribution in [0, 0.1) is 12.8 Å². The lowest BCUT2D eigenvalue weighted by Gasteiger charge is -2.31. The zero-order chi connectivity index (χ0) is 25.2. The molecule has 6 heteroatoms. The van der Waals surface area contributed by atoms with Gasteiger partial charge in [0.25, 0.3) is 0 Å². The Bertz CT molecular complexity index is 1420. The van der Waals surface area contributed by atoms with Gasteiger partial charge < -0.3 is 19.4 Å². The van der Waals surface area contributed by atoms with Gasteiger partial charge in [0.1, 0.15) is 0 Å². The van der Waals surface area contributed by atoms with E-state index in [9.17, 15) is 4.79 Å². The number of ether oxygens (including phenoxy) is 2. The fourth-order valence-electron chi connectivity index (χ4n) is 5.55. The van der Waals surface area contributed by atoms with Crippen LogP contribution >= 0.6 is 0 Å². The topological polar surface area (TPSA) is 55.7 Å². The number of carbonyl (C=O) groups excluding carboxylic acids is 1. The second-order valence-electron chi connectivity index (χ2n) is 10.2. The Hall–Kier alpha value is -3.77.